The first-order valence-electron chi connectivity index (χ1n) is 2.26. The summed E-state index contributed by atoms with van der Waals surface area (Å²) in [4.78, 5) is 0. The van der Waals surface area contributed by atoms with E-state index in [2.05, 4.69) is 16.2 Å². The third-order valence-electron chi connectivity index (χ3n) is 0.780. The molecular weight excluding hydrogens is 104 g/mol. The minimum absolute atomic E-state index is 0.510. The third kappa shape index (κ3) is 0.891. The molecule has 0 aromatic carbocycles. The zero-order valence-corrected chi connectivity index (χ0v) is 4.23. The molecule has 0 saturated carbocycles. The Morgan fingerprint density at radius 1 is 1.75 bits per heavy atom. The highest BCUT2D eigenvalue weighted by Crippen LogP contribution is 1.81. The third-order valence-corrected chi connectivity index (χ3v) is 0.780. The molecule has 0 aromatic heterocycles. The van der Waals surface area contributed by atoms with Crippen LogP contribution < -0.4 is 16.2 Å². The normalized spacial score (nSPS) is 17.1. The number of nitrogens with zero attached hydrogens (tertiary/aromatic N) is 1. The Bertz CT molecular complexity index is 143. The van der Waals surface area contributed by atoms with Gasteiger partial charge in [0.1, 0.15) is 11.8 Å². The Morgan fingerprint density at radius 2 is 2.62 bits per heavy atom. The van der Waals surface area contributed by atoms with E-state index in [4.69, 9.17) is 5.26 Å². The summed E-state index contributed by atoms with van der Waals surface area (Å²) in [6, 6.07) is 1.93. The molecule has 0 amide bonds. The van der Waals surface area contributed by atoms with E-state index in [0.29, 0.717) is 12.4 Å². The van der Waals surface area contributed by atoms with Crippen LogP contribution in [0.15, 0.2) is 11.9 Å². The number of nitriles is 1. The molecule has 8 heavy (non-hydrogen) atoms. The van der Waals surface area contributed by atoms with Gasteiger partial charge in [0.25, 0.3) is 0 Å². The van der Waals surface area contributed by atoms with Crippen LogP contribution in [0, 0.1) is 11.3 Å². The van der Waals surface area contributed by atoms with E-state index in [-0.39, 0.29) is 0 Å². The second-order valence-corrected chi connectivity index (χ2v) is 1.35. The Hall–Kier alpha value is -1.21. The number of hydrogen-bond donors (Lipinski definition) is 3. The molecule has 0 aromatic rings. The van der Waals surface area contributed by atoms with Gasteiger partial charge in [-0.05, 0) is 0 Å². The fourth-order valence-corrected chi connectivity index (χ4v) is 0.440. The van der Waals surface area contributed by atoms with Gasteiger partial charge in [0.2, 0.25) is 0 Å². The molecule has 3 N–H and O–H groups in total. The molecule has 0 unspecified atom stereocenters. The molecule has 0 atom stereocenters. The standard InChI is InChI=1S/C4H6N4/c5-1-4-2-6-3-7-8-4/h2,6-8H,3H2. The lowest BCUT2D eigenvalue weighted by atomic mass is 10.5. The van der Waals surface area contributed by atoms with Crippen molar-refractivity contribution in [2.45, 2.75) is 0 Å². The van der Waals surface area contributed by atoms with Gasteiger partial charge in [-0.3, -0.25) is 0 Å². The van der Waals surface area contributed by atoms with E-state index in [9.17, 15) is 0 Å². The van der Waals surface area contributed by atoms with Crippen molar-refractivity contribution in [3.63, 3.8) is 0 Å². The Kier molecular flexibility index (Phi) is 1.35. The maximum absolute atomic E-state index is 8.23. The zero-order chi connectivity index (χ0) is 5.82. The lowest BCUT2D eigenvalue weighted by Gasteiger charge is -2.11. The van der Waals surface area contributed by atoms with E-state index in [0.717, 1.165) is 0 Å². The lowest BCUT2D eigenvalue weighted by Crippen LogP contribution is -2.41. The Balaban J connectivity index is 2.53. The average molecular weight is 110 g/mol. The number of rotatable bonds is 0. The maximum Gasteiger partial charge on any atom is 0.143 e. The molecule has 0 radical (unpaired) electrons. The van der Waals surface area contributed by atoms with Crippen molar-refractivity contribution in [1.29, 1.82) is 5.26 Å². The van der Waals surface area contributed by atoms with Crippen molar-refractivity contribution in [3.8, 4) is 6.07 Å². The van der Waals surface area contributed by atoms with Gasteiger partial charge in [0.05, 0.1) is 6.67 Å². The summed E-state index contributed by atoms with van der Waals surface area (Å²) in [5.74, 6) is 0. The Morgan fingerprint density at radius 3 is 3.00 bits per heavy atom. The molecule has 0 spiro atoms. The van der Waals surface area contributed by atoms with Gasteiger partial charge >= 0.3 is 0 Å². The van der Waals surface area contributed by atoms with Gasteiger partial charge in [0.15, 0.2) is 0 Å². The molecule has 1 aliphatic rings. The minimum atomic E-state index is 0.510. The molecule has 4 heteroatoms. The molecule has 1 heterocycles. The number of allylic oxidation sites excluding steroid dienone is 1. The molecule has 0 bridgehead atoms. The van der Waals surface area contributed by atoms with E-state index in [1.807, 2.05) is 6.07 Å². The van der Waals surface area contributed by atoms with E-state index in [1.54, 1.807) is 6.20 Å². The SMILES string of the molecule is N#CC1=CNCNN1. The summed E-state index contributed by atoms with van der Waals surface area (Å²) >= 11 is 0. The molecule has 1 rings (SSSR count). The molecular formula is C4H6N4. The fourth-order valence-electron chi connectivity index (χ4n) is 0.440. The van der Waals surface area contributed by atoms with Crippen LogP contribution in [0.5, 0.6) is 0 Å². The van der Waals surface area contributed by atoms with Gasteiger partial charge < -0.3 is 10.7 Å². The van der Waals surface area contributed by atoms with Crippen LogP contribution in [0.25, 0.3) is 0 Å². The van der Waals surface area contributed by atoms with Crippen molar-refractivity contribution in [2.24, 2.45) is 0 Å². The van der Waals surface area contributed by atoms with Crippen LogP contribution in [0.2, 0.25) is 0 Å². The van der Waals surface area contributed by atoms with Crippen LogP contribution in [0.1, 0.15) is 0 Å². The van der Waals surface area contributed by atoms with Crippen molar-refractivity contribution < 1.29 is 0 Å². The van der Waals surface area contributed by atoms with Crippen molar-refractivity contribution in [1.82, 2.24) is 16.2 Å². The minimum Gasteiger partial charge on any atom is -0.375 e. The second-order valence-electron chi connectivity index (χ2n) is 1.35. The van der Waals surface area contributed by atoms with E-state index in [1.165, 1.54) is 0 Å². The second kappa shape index (κ2) is 2.19. The number of hydrogen-bond acceptors (Lipinski definition) is 4. The van der Waals surface area contributed by atoms with Gasteiger partial charge in [-0.1, -0.05) is 0 Å². The smallest absolute Gasteiger partial charge is 0.143 e. The molecule has 0 fully saturated rings. The van der Waals surface area contributed by atoms with Crippen molar-refractivity contribution >= 4 is 0 Å². The summed E-state index contributed by atoms with van der Waals surface area (Å²) in [5, 5.41) is 11.1. The summed E-state index contributed by atoms with van der Waals surface area (Å²) in [6.45, 7) is 0.658. The Labute approximate surface area is 47.2 Å². The van der Waals surface area contributed by atoms with Gasteiger partial charge in [-0.15, -0.1) is 0 Å². The lowest BCUT2D eigenvalue weighted by molar-refractivity contribution is 0.548. The van der Waals surface area contributed by atoms with Crippen LogP contribution in [-0.2, 0) is 0 Å². The van der Waals surface area contributed by atoms with Crippen molar-refractivity contribution in [2.75, 3.05) is 6.67 Å². The van der Waals surface area contributed by atoms with E-state index >= 15 is 0 Å². The largest absolute Gasteiger partial charge is 0.375 e. The van der Waals surface area contributed by atoms with Gasteiger partial charge in [-0.2, -0.15) is 5.26 Å². The molecule has 0 aliphatic carbocycles. The van der Waals surface area contributed by atoms with Crippen LogP contribution in [0.3, 0.4) is 0 Å². The number of hydrazine groups is 1. The van der Waals surface area contributed by atoms with Crippen molar-refractivity contribution in [3.05, 3.63) is 11.9 Å². The van der Waals surface area contributed by atoms with Gasteiger partial charge in [-0.25, -0.2) is 5.43 Å². The first kappa shape index (κ1) is 4.94. The highest BCUT2D eigenvalue weighted by Gasteiger charge is 1.95. The maximum atomic E-state index is 8.23. The topological polar surface area (TPSA) is 59.9 Å². The van der Waals surface area contributed by atoms with Crippen LogP contribution >= 0.6 is 0 Å². The monoisotopic (exact) mass is 110 g/mol. The van der Waals surface area contributed by atoms with Crippen LogP contribution in [-0.4, -0.2) is 6.67 Å². The van der Waals surface area contributed by atoms with Crippen LogP contribution in [0.4, 0.5) is 0 Å². The first-order valence-corrected chi connectivity index (χ1v) is 2.26. The molecule has 0 saturated heterocycles. The van der Waals surface area contributed by atoms with Gasteiger partial charge in [0, 0.05) is 6.20 Å². The number of nitrogens with one attached hydrogen (secondary N) is 3. The zero-order valence-electron chi connectivity index (χ0n) is 4.23. The predicted molar refractivity (Wildman–Crippen MR) is 28.0 cm³/mol. The molecule has 4 nitrogen and oxygen atoms in total. The predicted octanol–water partition coefficient (Wildman–Crippen LogP) is -0.994. The molecule has 1 aliphatic heterocycles. The summed E-state index contributed by atoms with van der Waals surface area (Å²) in [6.07, 6.45) is 1.62. The molecule has 42 valence electrons. The summed E-state index contributed by atoms with van der Waals surface area (Å²) < 4.78 is 0. The highest BCUT2D eigenvalue weighted by atomic mass is 15.4. The summed E-state index contributed by atoms with van der Waals surface area (Å²) in [5.41, 5.74) is 5.90. The van der Waals surface area contributed by atoms with E-state index < -0.39 is 0 Å². The fraction of sp³-hybridized carbons (Fsp3) is 0.250. The summed E-state index contributed by atoms with van der Waals surface area (Å²) in [7, 11) is 0. The quantitative estimate of drug-likeness (QED) is 0.374. The average Bonchev–Trinajstić information content (AvgIpc) is 1.90. The first-order chi connectivity index (χ1) is 3.93. The highest BCUT2D eigenvalue weighted by molar-refractivity contribution is 5.17.